The van der Waals surface area contributed by atoms with Gasteiger partial charge < -0.3 is 15.0 Å². The lowest BCUT2D eigenvalue weighted by Crippen LogP contribution is -2.44. The molecule has 3 rings (SSSR count). The maximum absolute atomic E-state index is 11.5. The van der Waals surface area contributed by atoms with Crippen LogP contribution in [-0.4, -0.2) is 50.6 Å². The predicted molar refractivity (Wildman–Crippen MR) is 113 cm³/mol. The lowest BCUT2D eigenvalue weighted by Gasteiger charge is -2.29. The van der Waals surface area contributed by atoms with Gasteiger partial charge in [-0.15, -0.1) is 0 Å². The van der Waals surface area contributed by atoms with Crippen molar-refractivity contribution >= 4 is 17.5 Å². The molecule has 0 aromatic heterocycles. The third-order valence-corrected chi connectivity index (χ3v) is 4.94. The van der Waals surface area contributed by atoms with E-state index in [1.807, 2.05) is 25.2 Å². The first-order valence-corrected chi connectivity index (χ1v) is 9.58. The number of methoxy groups -OCH3 is 1. The lowest BCUT2D eigenvalue weighted by atomic mass is 10.00. The standard InChI is InChI=1S/C23H27N3O2/c1-24-23(25-15-12-18-8-10-21(11-9-18)22(27)28-2)26-16-13-20(14-17-26)19-6-4-3-5-7-19/h3-11,13H,12,14-17H2,1-2H3,(H,24,25). The molecule has 0 unspecified atom stereocenters. The van der Waals surface area contributed by atoms with Gasteiger partial charge in [0.1, 0.15) is 0 Å². The Labute approximate surface area is 166 Å². The van der Waals surface area contributed by atoms with Crippen LogP contribution in [-0.2, 0) is 11.2 Å². The van der Waals surface area contributed by atoms with Gasteiger partial charge in [-0.3, -0.25) is 4.99 Å². The Kier molecular flexibility index (Phi) is 6.84. The zero-order chi connectivity index (χ0) is 19.8. The smallest absolute Gasteiger partial charge is 0.337 e. The van der Waals surface area contributed by atoms with E-state index in [1.165, 1.54) is 23.8 Å². The molecule has 0 bridgehead atoms. The Hall–Kier alpha value is -3.08. The van der Waals surface area contributed by atoms with Crippen LogP contribution in [0.25, 0.3) is 5.57 Å². The molecule has 2 aromatic carbocycles. The van der Waals surface area contributed by atoms with Crippen molar-refractivity contribution in [3.05, 3.63) is 77.4 Å². The van der Waals surface area contributed by atoms with E-state index < -0.39 is 0 Å². The minimum atomic E-state index is -0.307. The number of hydrogen-bond donors (Lipinski definition) is 1. The van der Waals surface area contributed by atoms with E-state index in [9.17, 15) is 4.79 Å². The molecule has 0 spiro atoms. The molecule has 0 amide bonds. The average molecular weight is 377 g/mol. The van der Waals surface area contributed by atoms with Gasteiger partial charge >= 0.3 is 5.97 Å². The summed E-state index contributed by atoms with van der Waals surface area (Å²) in [6.45, 7) is 2.60. The van der Waals surface area contributed by atoms with Gasteiger partial charge in [0.05, 0.1) is 12.7 Å². The first kappa shape index (κ1) is 19.7. The fraction of sp³-hybridized carbons (Fsp3) is 0.304. The first-order valence-electron chi connectivity index (χ1n) is 9.58. The van der Waals surface area contributed by atoms with Crippen molar-refractivity contribution in [3.63, 3.8) is 0 Å². The molecule has 5 heteroatoms. The summed E-state index contributed by atoms with van der Waals surface area (Å²) >= 11 is 0. The van der Waals surface area contributed by atoms with Crippen molar-refractivity contribution in [1.29, 1.82) is 0 Å². The number of guanidine groups is 1. The highest BCUT2D eigenvalue weighted by molar-refractivity contribution is 5.89. The highest BCUT2D eigenvalue weighted by atomic mass is 16.5. The maximum atomic E-state index is 11.5. The number of nitrogens with one attached hydrogen (secondary N) is 1. The van der Waals surface area contributed by atoms with Crippen LogP contribution in [0.4, 0.5) is 0 Å². The van der Waals surface area contributed by atoms with Gasteiger partial charge in [-0.05, 0) is 41.7 Å². The molecular weight excluding hydrogens is 350 g/mol. The van der Waals surface area contributed by atoms with Crippen molar-refractivity contribution in [2.45, 2.75) is 12.8 Å². The van der Waals surface area contributed by atoms with Crippen LogP contribution in [0.15, 0.2) is 65.7 Å². The Morgan fingerprint density at radius 1 is 1.14 bits per heavy atom. The molecule has 28 heavy (non-hydrogen) atoms. The van der Waals surface area contributed by atoms with Crippen LogP contribution >= 0.6 is 0 Å². The predicted octanol–water partition coefficient (Wildman–Crippen LogP) is 3.38. The summed E-state index contributed by atoms with van der Waals surface area (Å²) in [5, 5.41) is 3.45. The largest absolute Gasteiger partial charge is 0.465 e. The Morgan fingerprint density at radius 2 is 1.89 bits per heavy atom. The minimum Gasteiger partial charge on any atom is -0.465 e. The number of carbonyl (C=O) groups excluding carboxylic acids is 1. The third-order valence-electron chi connectivity index (χ3n) is 4.94. The fourth-order valence-corrected chi connectivity index (χ4v) is 3.35. The fourth-order valence-electron chi connectivity index (χ4n) is 3.35. The molecule has 0 atom stereocenters. The summed E-state index contributed by atoms with van der Waals surface area (Å²) in [5.41, 5.74) is 4.45. The quantitative estimate of drug-likeness (QED) is 0.493. The summed E-state index contributed by atoms with van der Waals surface area (Å²) in [7, 11) is 3.22. The van der Waals surface area contributed by atoms with E-state index in [1.54, 1.807) is 12.1 Å². The van der Waals surface area contributed by atoms with Crippen LogP contribution in [0.3, 0.4) is 0 Å². The van der Waals surface area contributed by atoms with Crippen LogP contribution < -0.4 is 5.32 Å². The second kappa shape index (κ2) is 9.74. The molecular formula is C23H27N3O2. The summed E-state index contributed by atoms with van der Waals surface area (Å²) in [5.74, 6) is 0.618. The normalized spacial score (nSPS) is 14.4. The van der Waals surface area contributed by atoms with Crippen molar-refractivity contribution in [1.82, 2.24) is 10.2 Å². The molecule has 0 radical (unpaired) electrons. The molecule has 146 valence electrons. The van der Waals surface area contributed by atoms with Crippen molar-refractivity contribution in [2.75, 3.05) is 33.8 Å². The number of rotatable bonds is 5. The maximum Gasteiger partial charge on any atom is 0.337 e. The molecule has 2 aromatic rings. The zero-order valence-electron chi connectivity index (χ0n) is 16.5. The van der Waals surface area contributed by atoms with Gasteiger partial charge in [-0.25, -0.2) is 4.79 Å². The van der Waals surface area contributed by atoms with E-state index in [4.69, 9.17) is 4.74 Å². The van der Waals surface area contributed by atoms with Crippen molar-refractivity contribution in [2.24, 2.45) is 4.99 Å². The number of carbonyl (C=O) groups is 1. The molecule has 0 aliphatic carbocycles. The van der Waals surface area contributed by atoms with Gasteiger partial charge in [-0.2, -0.15) is 0 Å². The lowest BCUT2D eigenvalue weighted by molar-refractivity contribution is 0.0600. The van der Waals surface area contributed by atoms with Gasteiger partial charge in [-0.1, -0.05) is 48.5 Å². The Balaban J connectivity index is 1.50. The van der Waals surface area contributed by atoms with Crippen LogP contribution in [0.2, 0.25) is 0 Å². The second-order valence-corrected chi connectivity index (χ2v) is 6.70. The SMILES string of the molecule is CN=C(NCCc1ccc(C(=O)OC)cc1)N1CC=C(c2ccccc2)CC1. The molecule has 1 aliphatic heterocycles. The molecule has 0 fully saturated rings. The molecule has 1 heterocycles. The highest BCUT2D eigenvalue weighted by Crippen LogP contribution is 2.21. The number of benzene rings is 2. The average Bonchev–Trinajstić information content (AvgIpc) is 2.77. The van der Waals surface area contributed by atoms with Gasteiger partial charge in [0.25, 0.3) is 0 Å². The Morgan fingerprint density at radius 3 is 2.50 bits per heavy atom. The number of ether oxygens (including phenoxy) is 1. The van der Waals surface area contributed by atoms with Crippen LogP contribution in [0.1, 0.15) is 27.9 Å². The topological polar surface area (TPSA) is 53.9 Å². The van der Waals surface area contributed by atoms with Crippen LogP contribution in [0.5, 0.6) is 0 Å². The molecule has 5 nitrogen and oxygen atoms in total. The van der Waals surface area contributed by atoms with E-state index in [0.29, 0.717) is 5.56 Å². The molecule has 0 saturated heterocycles. The van der Waals surface area contributed by atoms with E-state index >= 15 is 0 Å². The summed E-state index contributed by atoms with van der Waals surface area (Å²) in [6, 6.07) is 18.1. The summed E-state index contributed by atoms with van der Waals surface area (Å²) in [4.78, 5) is 18.2. The third kappa shape index (κ3) is 5.00. The number of hydrogen-bond acceptors (Lipinski definition) is 3. The van der Waals surface area contributed by atoms with Gasteiger partial charge in [0.15, 0.2) is 5.96 Å². The van der Waals surface area contributed by atoms with Gasteiger partial charge in [0.2, 0.25) is 0 Å². The molecule has 1 aliphatic rings. The second-order valence-electron chi connectivity index (χ2n) is 6.70. The van der Waals surface area contributed by atoms with E-state index in [0.717, 1.165) is 38.4 Å². The monoisotopic (exact) mass is 377 g/mol. The van der Waals surface area contributed by atoms with Crippen LogP contribution in [0, 0.1) is 0 Å². The summed E-state index contributed by atoms with van der Waals surface area (Å²) in [6.07, 6.45) is 4.16. The van der Waals surface area contributed by atoms with Crippen molar-refractivity contribution in [3.8, 4) is 0 Å². The number of aliphatic imine (C=N–C) groups is 1. The number of esters is 1. The number of nitrogens with zero attached hydrogens (tertiary/aromatic N) is 2. The highest BCUT2D eigenvalue weighted by Gasteiger charge is 2.15. The first-order chi connectivity index (χ1) is 13.7. The van der Waals surface area contributed by atoms with E-state index in [2.05, 4.69) is 45.6 Å². The van der Waals surface area contributed by atoms with Crippen molar-refractivity contribution < 1.29 is 9.53 Å². The summed E-state index contributed by atoms with van der Waals surface area (Å²) < 4.78 is 4.73. The minimum absolute atomic E-state index is 0.307. The molecule has 1 N–H and O–H groups in total. The molecule has 0 saturated carbocycles. The Bertz CT molecular complexity index is 842. The zero-order valence-corrected chi connectivity index (χ0v) is 16.5. The van der Waals surface area contributed by atoms with E-state index in [-0.39, 0.29) is 5.97 Å². The van der Waals surface area contributed by atoms with Gasteiger partial charge in [0, 0.05) is 26.7 Å².